The van der Waals surface area contributed by atoms with Gasteiger partial charge >= 0.3 is 6.18 Å². The van der Waals surface area contributed by atoms with Crippen LogP contribution in [0.2, 0.25) is 0 Å². The minimum absolute atomic E-state index is 0.00998. The summed E-state index contributed by atoms with van der Waals surface area (Å²) < 4.78 is 46.9. The van der Waals surface area contributed by atoms with Gasteiger partial charge in [-0.25, -0.2) is 0 Å². The molecule has 0 N–H and O–H groups in total. The Hall–Kier alpha value is -2.41. The van der Waals surface area contributed by atoms with Gasteiger partial charge in [-0.05, 0) is 55.0 Å². The number of carbonyl (C=O) groups excluding carboxylic acids is 1. The average molecular weight is 447 g/mol. The fourth-order valence-corrected chi connectivity index (χ4v) is 4.65. The number of benzene rings is 1. The van der Waals surface area contributed by atoms with Crippen molar-refractivity contribution in [2.24, 2.45) is 5.92 Å². The molecule has 1 saturated heterocycles. The maximum atomic E-state index is 13.7. The number of ketones is 1. The summed E-state index contributed by atoms with van der Waals surface area (Å²) >= 11 is 0. The molecule has 1 aliphatic heterocycles. The number of ether oxygens (including phenoxy) is 1. The van der Waals surface area contributed by atoms with E-state index in [1.54, 1.807) is 31.3 Å². The SMILES string of the molecule is CC(=O)C1CN(Cc2ccc(OCc3ccc(C4CCCCC4)c(C(F)(F)F)c3)cn2)C1. The van der Waals surface area contributed by atoms with Gasteiger partial charge < -0.3 is 4.74 Å². The highest BCUT2D eigenvalue weighted by atomic mass is 19.4. The van der Waals surface area contributed by atoms with Gasteiger partial charge in [0.25, 0.3) is 0 Å². The Bertz CT molecular complexity index is 931. The lowest BCUT2D eigenvalue weighted by Crippen LogP contribution is -2.49. The Morgan fingerprint density at radius 3 is 2.50 bits per heavy atom. The summed E-state index contributed by atoms with van der Waals surface area (Å²) in [5.41, 5.74) is 1.26. The van der Waals surface area contributed by atoms with Gasteiger partial charge in [0.05, 0.1) is 17.5 Å². The highest BCUT2D eigenvalue weighted by molar-refractivity contribution is 5.79. The van der Waals surface area contributed by atoms with Crippen molar-refractivity contribution < 1.29 is 22.7 Å². The maximum absolute atomic E-state index is 13.7. The van der Waals surface area contributed by atoms with E-state index in [-0.39, 0.29) is 24.2 Å². The third kappa shape index (κ3) is 5.49. The first kappa shape index (κ1) is 22.8. The van der Waals surface area contributed by atoms with Crippen LogP contribution in [0.15, 0.2) is 36.5 Å². The van der Waals surface area contributed by atoms with Gasteiger partial charge in [-0.1, -0.05) is 31.4 Å². The molecule has 1 aromatic carbocycles. The van der Waals surface area contributed by atoms with Crippen LogP contribution in [0.3, 0.4) is 0 Å². The summed E-state index contributed by atoms with van der Waals surface area (Å²) in [6, 6.07) is 8.26. The number of rotatable bonds is 7. The van der Waals surface area contributed by atoms with Crippen molar-refractivity contribution in [2.45, 2.75) is 64.3 Å². The zero-order valence-electron chi connectivity index (χ0n) is 18.3. The summed E-state index contributed by atoms with van der Waals surface area (Å²) in [7, 11) is 0. The normalized spacial score (nSPS) is 18.4. The second-order valence-corrected chi connectivity index (χ2v) is 9.03. The van der Waals surface area contributed by atoms with E-state index < -0.39 is 11.7 Å². The molecule has 0 amide bonds. The minimum atomic E-state index is -4.37. The van der Waals surface area contributed by atoms with Crippen LogP contribution in [0, 0.1) is 5.92 Å². The van der Waals surface area contributed by atoms with Crippen LogP contribution in [0.5, 0.6) is 5.75 Å². The van der Waals surface area contributed by atoms with Gasteiger partial charge in [0.2, 0.25) is 0 Å². The Morgan fingerprint density at radius 2 is 1.88 bits per heavy atom. The molecule has 0 atom stereocenters. The Kier molecular flexibility index (Phi) is 6.84. The van der Waals surface area contributed by atoms with Crippen LogP contribution in [-0.2, 0) is 24.1 Å². The van der Waals surface area contributed by atoms with Crippen molar-refractivity contribution in [1.29, 1.82) is 0 Å². The molecule has 2 fully saturated rings. The summed E-state index contributed by atoms with van der Waals surface area (Å²) in [5.74, 6) is 0.857. The molecular formula is C25H29F3N2O2. The highest BCUT2D eigenvalue weighted by Gasteiger charge is 2.36. The number of nitrogens with zero attached hydrogens (tertiary/aromatic N) is 2. The lowest BCUT2D eigenvalue weighted by molar-refractivity contribution is -0.138. The van der Waals surface area contributed by atoms with Crippen molar-refractivity contribution in [3.8, 4) is 5.75 Å². The van der Waals surface area contributed by atoms with Crippen molar-refractivity contribution >= 4 is 5.78 Å². The van der Waals surface area contributed by atoms with Crippen LogP contribution in [-0.4, -0.2) is 28.8 Å². The zero-order chi connectivity index (χ0) is 22.7. The Balaban J connectivity index is 1.36. The van der Waals surface area contributed by atoms with E-state index in [4.69, 9.17) is 4.74 Å². The summed E-state index contributed by atoms with van der Waals surface area (Å²) in [5, 5.41) is 0. The standard InChI is InChI=1S/C25H29F3N2O2/c1-17(31)20-13-30(14-20)15-21-8-9-22(12-29-21)32-16-18-7-10-23(19-5-3-2-4-6-19)24(11-18)25(26,27)28/h7-12,19-20H,2-6,13-16H2,1H3. The van der Waals surface area contributed by atoms with Crippen LogP contribution in [0.25, 0.3) is 0 Å². The number of hydrogen-bond donors (Lipinski definition) is 0. The first-order chi connectivity index (χ1) is 15.3. The number of hydrogen-bond acceptors (Lipinski definition) is 4. The first-order valence-corrected chi connectivity index (χ1v) is 11.3. The van der Waals surface area contributed by atoms with Gasteiger partial charge in [-0.3, -0.25) is 14.7 Å². The van der Waals surface area contributed by atoms with E-state index in [0.717, 1.165) is 50.9 Å². The molecule has 0 bridgehead atoms. The topological polar surface area (TPSA) is 42.4 Å². The van der Waals surface area contributed by atoms with Crippen molar-refractivity contribution in [1.82, 2.24) is 9.88 Å². The minimum Gasteiger partial charge on any atom is -0.487 e. The zero-order valence-corrected chi connectivity index (χ0v) is 18.3. The molecule has 172 valence electrons. The number of carbonyl (C=O) groups is 1. The van der Waals surface area contributed by atoms with Crippen LogP contribution in [0.1, 0.15) is 67.3 Å². The third-order valence-corrected chi connectivity index (χ3v) is 6.59. The van der Waals surface area contributed by atoms with Crippen molar-refractivity contribution in [3.05, 3.63) is 58.9 Å². The van der Waals surface area contributed by atoms with Crippen molar-refractivity contribution in [2.75, 3.05) is 13.1 Å². The second-order valence-electron chi connectivity index (χ2n) is 9.03. The van der Waals surface area contributed by atoms with E-state index in [2.05, 4.69) is 9.88 Å². The number of halogens is 3. The number of alkyl halides is 3. The number of pyridine rings is 1. The van der Waals surface area contributed by atoms with Gasteiger partial charge in [-0.2, -0.15) is 13.2 Å². The van der Waals surface area contributed by atoms with Crippen LogP contribution >= 0.6 is 0 Å². The smallest absolute Gasteiger partial charge is 0.416 e. The maximum Gasteiger partial charge on any atom is 0.416 e. The summed E-state index contributed by atoms with van der Waals surface area (Å²) in [6.07, 6.45) is 1.96. The van der Waals surface area contributed by atoms with Gasteiger partial charge in [0.15, 0.2) is 0 Å². The van der Waals surface area contributed by atoms with E-state index in [0.29, 0.717) is 23.4 Å². The molecule has 32 heavy (non-hydrogen) atoms. The largest absolute Gasteiger partial charge is 0.487 e. The number of aromatic nitrogens is 1. The third-order valence-electron chi connectivity index (χ3n) is 6.59. The molecule has 2 heterocycles. The van der Waals surface area contributed by atoms with Crippen LogP contribution < -0.4 is 4.74 Å². The van der Waals surface area contributed by atoms with Crippen molar-refractivity contribution in [3.63, 3.8) is 0 Å². The molecular weight excluding hydrogens is 417 g/mol. The van der Waals surface area contributed by atoms with Gasteiger partial charge in [0, 0.05) is 25.6 Å². The molecule has 4 rings (SSSR count). The van der Waals surface area contributed by atoms with E-state index in [9.17, 15) is 18.0 Å². The van der Waals surface area contributed by atoms with E-state index in [1.165, 1.54) is 6.07 Å². The molecule has 1 aliphatic carbocycles. The lowest BCUT2D eigenvalue weighted by atomic mass is 9.81. The summed E-state index contributed by atoms with van der Waals surface area (Å²) in [4.78, 5) is 17.8. The molecule has 4 nitrogen and oxygen atoms in total. The molecule has 7 heteroatoms. The predicted molar refractivity (Wildman–Crippen MR) is 115 cm³/mol. The average Bonchev–Trinajstić information content (AvgIpc) is 2.75. The molecule has 0 unspecified atom stereocenters. The monoisotopic (exact) mass is 446 g/mol. The second kappa shape index (κ2) is 9.61. The fraction of sp³-hybridized carbons (Fsp3) is 0.520. The highest BCUT2D eigenvalue weighted by Crippen LogP contribution is 2.41. The molecule has 2 aromatic rings. The molecule has 1 aromatic heterocycles. The molecule has 0 spiro atoms. The molecule has 1 saturated carbocycles. The van der Waals surface area contributed by atoms with Crippen LogP contribution in [0.4, 0.5) is 13.2 Å². The number of likely N-dealkylation sites (tertiary alicyclic amines) is 1. The quantitative estimate of drug-likeness (QED) is 0.543. The van der Waals surface area contributed by atoms with E-state index in [1.807, 2.05) is 6.07 Å². The number of Topliss-reactive ketones (excluding diaryl/α,β-unsaturated/α-hetero) is 1. The van der Waals surface area contributed by atoms with E-state index >= 15 is 0 Å². The predicted octanol–water partition coefficient (Wildman–Crippen LogP) is 5.75. The van der Waals surface area contributed by atoms with Gasteiger partial charge in [0.1, 0.15) is 18.1 Å². The lowest BCUT2D eigenvalue weighted by Gasteiger charge is -2.37. The van der Waals surface area contributed by atoms with Gasteiger partial charge in [-0.15, -0.1) is 0 Å². The Labute approximate surface area is 186 Å². The first-order valence-electron chi connectivity index (χ1n) is 11.3. The summed E-state index contributed by atoms with van der Waals surface area (Å²) in [6.45, 7) is 3.86. The fourth-order valence-electron chi connectivity index (χ4n) is 4.65. The molecule has 0 radical (unpaired) electrons. The Morgan fingerprint density at radius 1 is 1.12 bits per heavy atom. The molecule has 2 aliphatic rings.